The molecule has 3 aromatic rings. The van der Waals surface area contributed by atoms with Gasteiger partial charge in [-0.3, -0.25) is 13.9 Å². The minimum Gasteiger partial charge on any atom is -0.355 e. The number of rotatable bonds is 11. The van der Waals surface area contributed by atoms with E-state index in [9.17, 15) is 35.6 Å². The summed E-state index contributed by atoms with van der Waals surface area (Å²) in [6, 6.07) is 13.5. The molecule has 1 atom stereocenters. The summed E-state index contributed by atoms with van der Waals surface area (Å²) in [5.41, 5.74) is -0.247. The normalized spacial score (nSPS) is 12.5. The number of halogens is 4. The molecule has 3 aromatic carbocycles. The van der Waals surface area contributed by atoms with Gasteiger partial charge in [-0.15, -0.1) is 0 Å². The highest BCUT2D eigenvalue weighted by Gasteiger charge is 2.35. The molecule has 0 radical (unpaired) electrons. The number of hydrogen-bond acceptors (Lipinski definition) is 4. The number of nitrogens with zero attached hydrogens (tertiary/aromatic N) is 2. The first kappa shape index (κ1) is 31.6. The molecule has 0 saturated heterocycles. The maximum Gasteiger partial charge on any atom is 0.416 e. The van der Waals surface area contributed by atoms with Crippen LogP contribution in [0.15, 0.2) is 77.7 Å². The molecule has 1 N–H and O–H groups in total. The monoisotopic (exact) mass is 593 g/mol. The van der Waals surface area contributed by atoms with Crippen LogP contribution < -0.4 is 9.62 Å². The highest BCUT2D eigenvalue weighted by atomic mass is 32.2. The summed E-state index contributed by atoms with van der Waals surface area (Å²) in [5, 5.41) is 2.65. The third-order valence-electron chi connectivity index (χ3n) is 6.35. The van der Waals surface area contributed by atoms with E-state index in [4.69, 9.17) is 0 Å². The molecule has 0 fully saturated rings. The molecule has 0 saturated carbocycles. The van der Waals surface area contributed by atoms with Gasteiger partial charge in [-0.25, -0.2) is 12.8 Å². The van der Waals surface area contributed by atoms with Crippen LogP contribution in [0, 0.1) is 12.7 Å². The number of amides is 2. The number of carbonyl (C=O) groups is 2. The number of anilines is 1. The van der Waals surface area contributed by atoms with Gasteiger partial charge >= 0.3 is 6.18 Å². The second kappa shape index (κ2) is 13.2. The highest BCUT2D eigenvalue weighted by Crippen LogP contribution is 2.33. The van der Waals surface area contributed by atoms with Gasteiger partial charge in [0.15, 0.2) is 0 Å². The zero-order valence-electron chi connectivity index (χ0n) is 22.8. The molecule has 12 heteroatoms. The number of hydrogen-bond donors (Lipinski definition) is 1. The number of sulfonamides is 1. The average molecular weight is 594 g/mol. The van der Waals surface area contributed by atoms with E-state index in [1.807, 2.05) is 0 Å². The van der Waals surface area contributed by atoms with Crippen LogP contribution in [-0.2, 0) is 32.3 Å². The molecule has 220 valence electrons. The number of benzene rings is 3. The van der Waals surface area contributed by atoms with Gasteiger partial charge in [-0.2, -0.15) is 13.2 Å². The van der Waals surface area contributed by atoms with Crippen LogP contribution in [-0.4, -0.2) is 44.3 Å². The minimum atomic E-state index is -4.76. The van der Waals surface area contributed by atoms with Gasteiger partial charge < -0.3 is 10.2 Å². The number of alkyl halides is 3. The van der Waals surface area contributed by atoms with Crippen molar-refractivity contribution in [3.8, 4) is 0 Å². The molecular formula is C29H31F4N3O4S. The fourth-order valence-corrected chi connectivity index (χ4v) is 5.61. The van der Waals surface area contributed by atoms with Crippen molar-refractivity contribution < 1.29 is 35.6 Å². The smallest absolute Gasteiger partial charge is 0.355 e. The Morgan fingerprint density at radius 2 is 1.59 bits per heavy atom. The number of carbonyl (C=O) groups excluding carboxylic acids is 2. The Morgan fingerprint density at radius 3 is 2.15 bits per heavy atom. The maximum atomic E-state index is 13.9. The predicted octanol–water partition coefficient (Wildman–Crippen LogP) is 5.29. The number of nitrogens with one attached hydrogen (secondary N) is 1. The van der Waals surface area contributed by atoms with Crippen molar-refractivity contribution in [1.82, 2.24) is 10.2 Å². The molecule has 0 aliphatic rings. The van der Waals surface area contributed by atoms with Crippen LogP contribution in [0.2, 0.25) is 0 Å². The van der Waals surface area contributed by atoms with Crippen molar-refractivity contribution in [2.45, 2.75) is 50.9 Å². The molecule has 2 amide bonds. The highest BCUT2D eigenvalue weighted by molar-refractivity contribution is 7.92. The standard InChI is InChI=1S/C29H31F4N3O4S/c1-4-26(28(38)34-5-2)35(18-21-11-13-23(30)14-12-21)27(37)19-36(24-8-6-7-22(17-24)29(31,32)33)41(39,40)25-15-9-20(3)10-16-25/h6-17,26H,4-5,18-19H2,1-3H3,(H,34,38)/t26-/m0/s1. The molecule has 3 rings (SSSR count). The SMILES string of the molecule is CCNC(=O)[C@H](CC)N(Cc1ccc(F)cc1)C(=O)CN(c1cccc(C(F)(F)F)c1)S(=O)(=O)c1ccc(C)cc1. The lowest BCUT2D eigenvalue weighted by molar-refractivity contribution is -0.140. The molecule has 0 aliphatic heterocycles. The van der Waals surface area contributed by atoms with Gasteiger partial charge in [0.2, 0.25) is 11.8 Å². The molecule has 7 nitrogen and oxygen atoms in total. The van der Waals surface area contributed by atoms with E-state index in [-0.39, 0.29) is 30.1 Å². The molecule has 0 unspecified atom stereocenters. The van der Waals surface area contributed by atoms with Crippen molar-refractivity contribution in [3.63, 3.8) is 0 Å². The Hall–Kier alpha value is -3.93. The van der Waals surface area contributed by atoms with Crippen molar-refractivity contribution >= 4 is 27.5 Å². The third kappa shape index (κ3) is 7.84. The van der Waals surface area contributed by atoms with E-state index < -0.39 is 52.0 Å². The van der Waals surface area contributed by atoms with E-state index in [0.29, 0.717) is 15.9 Å². The molecule has 41 heavy (non-hydrogen) atoms. The predicted molar refractivity (Wildman–Crippen MR) is 147 cm³/mol. The first-order chi connectivity index (χ1) is 19.3. The largest absolute Gasteiger partial charge is 0.416 e. The van der Waals surface area contributed by atoms with Crippen LogP contribution in [0.3, 0.4) is 0 Å². The zero-order valence-corrected chi connectivity index (χ0v) is 23.6. The fraction of sp³-hybridized carbons (Fsp3) is 0.310. The van der Waals surface area contributed by atoms with Gasteiger partial charge in [-0.05, 0) is 68.3 Å². The first-order valence-corrected chi connectivity index (χ1v) is 14.3. The van der Waals surface area contributed by atoms with Crippen molar-refractivity contribution in [3.05, 3.63) is 95.3 Å². The first-order valence-electron chi connectivity index (χ1n) is 12.9. The molecule has 0 bridgehead atoms. The van der Waals surface area contributed by atoms with Crippen molar-refractivity contribution in [2.75, 3.05) is 17.4 Å². The van der Waals surface area contributed by atoms with Gasteiger partial charge in [0.05, 0.1) is 16.1 Å². The zero-order chi connectivity index (χ0) is 30.4. The van der Waals surface area contributed by atoms with Crippen molar-refractivity contribution in [1.29, 1.82) is 0 Å². The summed E-state index contributed by atoms with van der Waals surface area (Å²) in [6.45, 7) is 4.30. The second-order valence-electron chi connectivity index (χ2n) is 9.34. The Morgan fingerprint density at radius 1 is 0.951 bits per heavy atom. The summed E-state index contributed by atoms with van der Waals surface area (Å²) in [6.07, 6.45) is -4.60. The minimum absolute atomic E-state index is 0.160. The van der Waals surface area contributed by atoms with E-state index >= 15 is 0 Å². The molecule has 0 spiro atoms. The van der Waals surface area contributed by atoms with E-state index in [1.54, 1.807) is 20.8 Å². The topological polar surface area (TPSA) is 86.8 Å². The molecule has 0 aliphatic carbocycles. The van der Waals surface area contributed by atoms with Gasteiger partial charge in [0.1, 0.15) is 18.4 Å². The molecule has 0 aromatic heterocycles. The molecule has 0 heterocycles. The Labute approximate surface area is 236 Å². The fourth-order valence-electron chi connectivity index (χ4n) is 4.20. The number of likely N-dealkylation sites (N-methyl/N-ethyl adjacent to an activating group) is 1. The maximum absolute atomic E-state index is 13.9. The quantitative estimate of drug-likeness (QED) is 0.306. The Balaban J connectivity index is 2.11. The third-order valence-corrected chi connectivity index (χ3v) is 8.14. The lowest BCUT2D eigenvalue weighted by Gasteiger charge is -2.33. The summed E-state index contributed by atoms with van der Waals surface area (Å²) >= 11 is 0. The summed E-state index contributed by atoms with van der Waals surface area (Å²) in [7, 11) is -4.53. The number of aryl methyl sites for hydroxylation is 1. The van der Waals surface area contributed by atoms with E-state index in [1.165, 1.54) is 54.6 Å². The van der Waals surface area contributed by atoms with Gasteiger partial charge in [0, 0.05) is 13.1 Å². The second-order valence-corrected chi connectivity index (χ2v) is 11.2. The van der Waals surface area contributed by atoms with Gasteiger partial charge in [0.25, 0.3) is 10.0 Å². The molecular weight excluding hydrogens is 562 g/mol. The lowest BCUT2D eigenvalue weighted by atomic mass is 10.1. The van der Waals surface area contributed by atoms with E-state index in [2.05, 4.69) is 5.32 Å². The Bertz CT molecular complexity index is 1460. The van der Waals surface area contributed by atoms with Crippen molar-refractivity contribution in [2.24, 2.45) is 0 Å². The summed E-state index contributed by atoms with van der Waals surface area (Å²) in [5.74, 6) is -1.83. The van der Waals surface area contributed by atoms with Crippen LogP contribution in [0.4, 0.5) is 23.2 Å². The van der Waals surface area contributed by atoms with E-state index in [0.717, 1.165) is 22.6 Å². The van der Waals surface area contributed by atoms with Crippen LogP contribution >= 0.6 is 0 Å². The van der Waals surface area contributed by atoms with Crippen LogP contribution in [0.1, 0.15) is 37.0 Å². The lowest BCUT2D eigenvalue weighted by Crippen LogP contribution is -2.52. The van der Waals surface area contributed by atoms with Crippen LogP contribution in [0.25, 0.3) is 0 Å². The summed E-state index contributed by atoms with van der Waals surface area (Å²) in [4.78, 5) is 27.7. The summed E-state index contributed by atoms with van der Waals surface area (Å²) < 4.78 is 82.4. The van der Waals surface area contributed by atoms with Gasteiger partial charge in [-0.1, -0.05) is 42.8 Å². The average Bonchev–Trinajstić information content (AvgIpc) is 2.92. The van der Waals surface area contributed by atoms with Crippen LogP contribution in [0.5, 0.6) is 0 Å². The Kier molecular flexibility index (Phi) is 10.1.